The number of nitrogens with zero attached hydrogens (tertiary/aromatic N) is 8. The van der Waals surface area contributed by atoms with E-state index < -0.39 is 0 Å². The van der Waals surface area contributed by atoms with Crippen molar-refractivity contribution >= 4 is 34.4 Å². The Morgan fingerprint density at radius 3 is 2.50 bits per heavy atom. The highest BCUT2D eigenvalue weighted by atomic mass is 16.2. The van der Waals surface area contributed by atoms with E-state index in [4.69, 9.17) is 9.97 Å². The van der Waals surface area contributed by atoms with Crippen molar-refractivity contribution in [1.82, 2.24) is 29.5 Å². The Kier molecular flexibility index (Phi) is 4.30. The van der Waals surface area contributed by atoms with Crippen LogP contribution in [0.3, 0.4) is 0 Å². The zero-order valence-electron chi connectivity index (χ0n) is 17.2. The third-order valence-corrected chi connectivity index (χ3v) is 5.30. The molecule has 1 aromatic carbocycles. The van der Waals surface area contributed by atoms with Gasteiger partial charge in [-0.3, -0.25) is 9.69 Å². The molecule has 0 atom stereocenters. The predicted octanol–water partition coefficient (Wildman–Crippen LogP) is 2.10. The average Bonchev–Trinajstić information content (AvgIpc) is 3.05. The van der Waals surface area contributed by atoms with Crippen molar-refractivity contribution in [2.45, 2.75) is 26.7 Å². The minimum atomic E-state index is -0.0959. The molecule has 5 rings (SSSR count). The first-order valence-electron chi connectivity index (χ1n) is 9.98. The van der Waals surface area contributed by atoms with Crippen molar-refractivity contribution in [2.75, 3.05) is 29.9 Å². The van der Waals surface area contributed by atoms with Crippen LogP contribution in [-0.4, -0.2) is 55.6 Å². The summed E-state index contributed by atoms with van der Waals surface area (Å²) >= 11 is 0. The highest BCUT2D eigenvalue weighted by Gasteiger charge is 2.27. The van der Waals surface area contributed by atoms with E-state index >= 15 is 0 Å². The Labute approximate surface area is 173 Å². The van der Waals surface area contributed by atoms with Crippen LogP contribution >= 0.6 is 0 Å². The highest BCUT2D eigenvalue weighted by Crippen LogP contribution is 2.30. The number of hydrogen-bond donors (Lipinski definition) is 0. The maximum Gasteiger partial charge on any atom is 0.252 e. The lowest BCUT2D eigenvalue weighted by Gasteiger charge is -2.22. The molecule has 0 unspecified atom stereocenters. The van der Waals surface area contributed by atoms with Crippen LogP contribution in [-0.2, 0) is 11.2 Å². The number of carbonyl (C=O) groups is 1. The molecule has 0 spiro atoms. The normalized spacial score (nSPS) is 14.2. The van der Waals surface area contributed by atoms with Crippen molar-refractivity contribution in [3.05, 3.63) is 47.5 Å². The van der Waals surface area contributed by atoms with Crippen LogP contribution in [0.5, 0.6) is 0 Å². The van der Waals surface area contributed by atoms with Crippen molar-refractivity contribution in [2.24, 2.45) is 0 Å². The van der Waals surface area contributed by atoms with Crippen molar-refractivity contribution in [3.63, 3.8) is 0 Å². The monoisotopic (exact) mass is 402 g/mol. The summed E-state index contributed by atoms with van der Waals surface area (Å²) in [5.41, 5.74) is 3.39. The minimum absolute atomic E-state index is 0.0828. The van der Waals surface area contributed by atoms with Gasteiger partial charge in [-0.25, -0.2) is 19.5 Å². The molecule has 4 aromatic rings. The van der Waals surface area contributed by atoms with Gasteiger partial charge >= 0.3 is 0 Å². The van der Waals surface area contributed by atoms with Crippen molar-refractivity contribution in [1.29, 1.82) is 0 Å². The number of rotatable bonds is 2. The van der Waals surface area contributed by atoms with E-state index in [1.165, 1.54) is 0 Å². The number of hydrogen-bond acceptors (Lipinski definition) is 7. The van der Waals surface area contributed by atoms with E-state index in [-0.39, 0.29) is 12.3 Å². The van der Waals surface area contributed by atoms with Gasteiger partial charge in [0.2, 0.25) is 5.91 Å². The first-order valence-corrected chi connectivity index (χ1v) is 9.98. The molecule has 0 aliphatic carbocycles. The molecule has 0 bridgehead atoms. The molecule has 30 heavy (non-hydrogen) atoms. The summed E-state index contributed by atoms with van der Waals surface area (Å²) in [6, 6.07) is 9.65. The largest absolute Gasteiger partial charge is 0.357 e. The smallest absolute Gasteiger partial charge is 0.252 e. The Morgan fingerprint density at radius 1 is 1.00 bits per heavy atom. The van der Waals surface area contributed by atoms with Gasteiger partial charge in [-0.15, -0.1) is 5.10 Å². The van der Waals surface area contributed by atoms with Gasteiger partial charge in [0.05, 0.1) is 17.5 Å². The number of fused-ring (bicyclic) bond motifs is 3. The summed E-state index contributed by atoms with van der Waals surface area (Å²) < 4.78 is 1.67. The number of aryl methyl sites for hydroxylation is 2. The van der Waals surface area contributed by atoms with E-state index in [1.807, 2.05) is 51.2 Å². The van der Waals surface area contributed by atoms with Crippen molar-refractivity contribution < 1.29 is 4.79 Å². The summed E-state index contributed by atoms with van der Waals surface area (Å²) in [6.45, 7) is 5.25. The summed E-state index contributed by atoms with van der Waals surface area (Å²) in [7, 11) is 1.98. The zero-order valence-corrected chi connectivity index (χ0v) is 17.2. The molecular formula is C21H22N8O. The van der Waals surface area contributed by atoms with Gasteiger partial charge in [0.25, 0.3) is 5.78 Å². The zero-order chi connectivity index (χ0) is 20.8. The van der Waals surface area contributed by atoms with Crippen LogP contribution < -0.4 is 9.80 Å². The predicted molar refractivity (Wildman–Crippen MR) is 114 cm³/mol. The molecule has 0 saturated carbocycles. The maximum absolute atomic E-state index is 13.3. The highest BCUT2D eigenvalue weighted by molar-refractivity contribution is 5.97. The van der Waals surface area contributed by atoms with Gasteiger partial charge in [0.15, 0.2) is 17.5 Å². The molecule has 1 amide bonds. The molecule has 152 valence electrons. The van der Waals surface area contributed by atoms with Gasteiger partial charge in [-0.05, 0) is 38.5 Å². The molecule has 0 N–H and O–H groups in total. The number of para-hydroxylation sites is 2. The molecule has 1 aliphatic rings. The first kappa shape index (κ1) is 18.4. The second kappa shape index (κ2) is 7.01. The number of amides is 1. The fraction of sp³-hybridized carbons (Fsp3) is 0.333. The first-order chi connectivity index (χ1) is 14.5. The Morgan fingerprint density at radius 2 is 1.73 bits per heavy atom. The van der Waals surface area contributed by atoms with Crippen LogP contribution in [0.1, 0.15) is 23.6 Å². The number of carbonyl (C=O) groups excluding carboxylic acids is 1. The lowest BCUT2D eigenvalue weighted by molar-refractivity contribution is -0.118. The SMILES string of the molecule is Cc1cc(C)n2nc(CC(=O)N3CCCN(C)c4nc5ccccc5nc43)nc2n1. The summed E-state index contributed by atoms with van der Waals surface area (Å²) in [5, 5.41) is 4.48. The van der Waals surface area contributed by atoms with E-state index in [9.17, 15) is 4.79 Å². The molecule has 9 nitrogen and oxygen atoms in total. The second-order valence-electron chi connectivity index (χ2n) is 7.64. The summed E-state index contributed by atoms with van der Waals surface area (Å²) in [6.07, 6.45) is 0.911. The minimum Gasteiger partial charge on any atom is -0.357 e. The Bertz CT molecular complexity index is 1280. The van der Waals surface area contributed by atoms with Gasteiger partial charge < -0.3 is 4.90 Å². The van der Waals surface area contributed by atoms with E-state index in [1.54, 1.807) is 9.42 Å². The molecule has 3 aromatic heterocycles. The van der Waals surface area contributed by atoms with E-state index in [0.717, 1.165) is 41.2 Å². The van der Waals surface area contributed by atoms with Gasteiger partial charge in [-0.1, -0.05) is 12.1 Å². The third-order valence-electron chi connectivity index (χ3n) is 5.30. The standard InChI is InChI=1S/C21H22N8O/c1-13-11-14(2)29-21(22-13)25-17(26-29)12-18(30)28-10-6-9-27(3)19-20(28)24-16-8-5-4-7-15(16)23-19/h4-5,7-8,11H,6,9-10,12H2,1-3H3. The fourth-order valence-corrected chi connectivity index (χ4v) is 3.85. The lowest BCUT2D eigenvalue weighted by atomic mass is 10.3. The molecule has 1 aliphatic heterocycles. The molecule has 0 radical (unpaired) electrons. The van der Waals surface area contributed by atoms with Crippen molar-refractivity contribution in [3.8, 4) is 0 Å². The maximum atomic E-state index is 13.3. The molecular weight excluding hydrogens is 380 g/mol. The van der Waals surface area contributed by atoms with Gasteiger partial charge in [0, 0.05) is 31.5 Å². The molecule has 0 fully saturated rings. The van der Waals surface area contributed by atoms with Gasteiger partial charge in [0.1, 0.15) is 0 Å². The van der Waals surface area contributed by atoms with Crippen LogP contribution in [0.4, 0.5) is 11.6 Å². The molecule has 4 heterocycles. The average molecular weight is 402 g/mol. The third kappa shape index (κ3) is 3.12. The van der Waals surface area contributed by atoms with Crippen LogP contribution in [0.2, 0.25) is 0 Å². The second-order valence-corrected chi connectivity index (χ2v) is 7.64. The lowest BCUT2D eigenvalue weighted by Crippen LogP contribution is -2.34. The topological polar surface area (TPSA) is 92.4 Å². The van der Waals surface area contributed by atoms with E-state index in [2.05, 4.69) is 20.0 Å². The number of aromatic nitrogens is 6. The summed E-state index contributed by atoms with van der Waals surface area (Å²) in [4.78, 5) is 35.5. The number of benzene rings is 1. The molecule has 0 saturated heterocycles. The Hall–Kier alpha value is -3.62. The van der Waals surface area contributed by atoms with Crippen LogP contribution in [0.25, 0.3) is 16.8 Å². The Balaban J connectivity index is 1.52. The quantitative estimate of drug-likeness (QED) is 0.507. The number of anilines is 2. The molecule has 9 heteroatoms. The van der Waals surface area contributed by atoms with Crippen LogP contribution in [0.15, 0.2) is 30.3 Å². The fourth-order valence-electron chi connectivity index (χ4n) is 3.85. The summed E-state index contributed by atoms with van der Waals surface area (Å²) in [5.74, 6) is 2.18. The van der Waals surface area contributed by atoms with E-state index in [0.29, 0.717) is 24.0 Å². The van der Waals surface area contributed by atoms with Crippen LogP contribution in [0, 0.1) is 13.8 Å². The van der Waals surface area contributed by atoms with Gasteiger partial charge in [-0.2, -0.15) is 4.98 Å².